The van der Waals surface area contributed by atoms with Gasteiger partial charge in [-0.1, -0.05) is 31.0 Å². The molecule has 1 aliphatic heterocycles. The molecule has 2 rings (SSSR count). The number of carbonyl (C=O) groups is 2. The molecule has 0 fully saturated rings. The second-order valence-corrected chi connectivity index (χ2v) is 8.11. The highest BCUT2D eigenvalue weighted by Gasteiger charge is 2.22. The second-order valence-electron chi connectivity index (χ2n) is 6.71. The second kappa shape index (κ2) is 9.73. The number of allylic oxidation sites excluding steroid dienone is 1. The van der Waals surface area contributed by atoms with Crippen LogP contribution in [0.15, 0.2) is 41.2 Å². The lowest BCUT2D eigenvalue weighted by atomic mass is 10.0. The number of hydrogen-bond donors (Lipinski definition) is 3. The number of amides is 2. The van der Waals surface area contributed by atoms with E-state index in [0.29, 0.717) is 5.69 Å². The van der Waals surface area contributed by atoms with Crippen LogP contribution in [0.5, 0.6) is 0 Å². The summed E-state index contributed by atoms with van der Waals surface area (Å²) in [5.41, 5.74) is 3.16. The van der Waals surface area contributed by atoms with Gasteiger partial charge in [-0.3, -0.25) is 9.59 Å². The van der Waals surface area contributed by atoms with Gasteiger partial charge in [0.05, 0.1) is 11.5 Å². The Bertz CT molecular complexity index is 748. The third-order valence-electron chi connectivity index (χ3n) is 4.35. The predicted octanol–water partition coefficient (Wildman–Crippen LogP) is 1.91. The Balaban J connectivity index is 2.01. The van der Waals surface area contributed by atoms with Crippen molar-refractivity contribution in [3.05, 3.63) is 52.3 Å². The van der Waals surface area contributed by atoms with Crippen LogP contribution >= 0.6 is 11.8 Å². The lowest BCUT2D eigenvalue weighted by Crippen LogP contribution is -2.46. The minimum Gasteiger partial charge on any atom is -0.394 e. The van der Waals surface area contributed by atoms with Crippen molar-refractivity contribution in [1.82, 2.24) is 10.2 Å². The van der Waals surface area contributed by atoms with E-state index < -0.39 is 24.5 Å². The van der Waals surface area contributed by atoms with Gasteiger partial charge < -0.3 is 20.6 Å². The van der Waals surface area contributed by atoms with E-state index in [1.54, 1.807) is 6.92 Å². The van der Waals surface area contributed by atoms with Crippen molar-refractivity contribution < 1.29 is 14.7 Å². The number of nitrogens with zero attached hydrogens (tertiary/aromatic N) is 1. The number of aliphatic hydroxyl groups is 1. The van der Waals surface area contributed by atoms with Gasteiger partial charge in [0, 0.05) is 18.8 Å². The van der Waals surface area contributed by atoms with Gasteiger partial charge in [0.25, 0.3) is 5.91 Å². The molecule has 2 amide bonds. The molecule has 0 bridgehead atoms. The van der Waals surface area contributed by atoms with Crippen molar-refractivity contribution in [3.63, 3.8) is 0 Å². The van der Waals surface area contributed by atoms with E-state index in [1.807, 2.05) is 18.2 Å². The van der Waals surface area contributed by atoms with Crippen molar-refractivity contribution in [2.75, 3.05) is 32.1 Å². The number of likely N-dealkylation sites (N-methyl/N-ethyl adjacent to an activating group) is 1. The highest BCUT2D eigenvalue weighted by molar-refractivity contribution is 8.07. The smallest absolute Gasteiger partial charge is 0.258 e. The van der Waals surface area contributed by atoms with Gasteiger partial charge in [-0.25, -0.2) is 0 Å². The summed E-state index contributed by atoms with van der Waals surface area (Å²) in [5, 5.41) is 14.8. The fourth-order valence-electron chi connectivity index (χ4n) is 2.83. The van der Waals surface area contributed by atoms with E-state index in [9.17, 15) is 14.7 Å². The van der Waals surface area contributed by atoms with Crippen LogP contribution in [0.25, 0.3) is 0 Å². The molecule has 1 unspecified atom stereocenters. The quantitative estimate of drug-likeness (QED) is 0.621. The summed E-state index contributed by atoms with van der Waals surface area (Å²) in [7, 11) is 2.10. The average molecular weight is 390 g/mol. The molecule has 1 heterocycles. The van der Waals surface area contributed by atoms with Gasteiger partial charge in [-0.05, 0) is 55.0 Å². The molecule has 1 aliphatic rings. The maximum Gasteiger partial charge on any atom is 0.258 e. The monoisotopic (exact) mass is 389 g/mol. The van der Waals surface area contributed by atoms with Crippen LogP contribution in [0.3, 0.4) is 0 Å². The van der Waals surface area contributed by atoms with Crippen LogP contribution < -0.4 is 10.6 Å². The first kappa shape index (κ1) is 21.2. The molecule has 1 atom stereocenters. The molecule has 146 valence electrons. The largest absolute Gasteiger partial charge is 0.394 e. The van der Waals surface area contributed by atoms with Gasteiger partial charge in [0.15, 0.2) is 0 Å². The lowest BCUT2D eigenvalue weighted by Gasteiger charge is -2.17. The maximum atomic E-state index is 12.5. The van der Waals surface area contributed by atoms with E-state index >= 15 is 0 Å². The van der Waals surface area contributed by atoms with E-state index in [1.165, 1.54) is 11.1 Å². The summed E-state index contributed by atoms with van der Waals surface area (Å²) in [5.74, 6) is -0.966. The van der Waals surface area contributed by atoms with E-state index in [-0.39, 0.29) is 4.91 Å². The number of benzene rings is 1. The third kappa shape index (κ3) is 6.23. The van der Waals surface area contributed by atoms with Crippen molar-refractivity contribution in [2.24, 2.45) is 0 Å². The minimum atomic E-state index is -1.05. The number of aliphatic hydroxyl groups excluding tert-OH is 1. The number of hydrogen-bond acceptors (Lipinski definition) is 5. The van der Waals surface area contributed by atoms with Crippen LogP contribution in [0.1, 0.15) is 18.1 Å². The van der Waals surface area contributed by atoms with Gasteiger partial charge >= 0.3 is 0 Å². The summed E-state index contributed by atoms with van der Waals surface area (Å²) < 4.78 is 0. The third-order valence-corrected chi connectivity index (χ3v) is 5.13. The molecule has 27 heavy (non-hydrogen) atoms. The molecular weight excluding hydrogens is 362 g/mol. The van der Waals surface area contributed by atoms with Crippen molar-refractivity contribution in [2.45, 2.75) is 25.8 Å². The maximum absolute atomic E-state index is 12.5. The van der Waals surface area contributed by atoms with E-state index in [4.69, 9.17) is 0 Å². The number of fused-ring (bicyclic) bond motifs is 1. The van der Waals surface area contributed by atoms with Crippen molar-refractivity contribution in [1.29, 1.82) is 0 Å². The molecule has 0 saturated heterocycles. The first-order valence-electron chi connectivity index (χ1n) is 8.85. The number of anilines is 1. The first-order chi connectivity index (χ1) is 12.8. The molecule has 6 nitrogen and oxygen atoms in total. The molecule has 0 saturated carbocycles. The first-order valence-corrected chi connectivity index (χ1v) is 9.67. The Kier molecular flexibility index (Phi) is 7.65. The minimum absolute atomic E-state index is 0.225. The van der Waals surface area contributed by atoms with E-state index in [2.05, 4.69) is 35.7 Å². The van der Waals surface area contributed by atoms with Gasteiger partial charge in [0.2, 0.25) is 5.91 Å². The summed E-state index contributed by atoms with van der Waals surface area (Å²) in [6, 6.07) is 4.80. The average Bonchev–Trinajstić information content (AvgIpc) is 2.80. The molecule has 0 radical (unpaired) electrons. The van der Waals surface area contributed by atoms with Crippen LogP contribution in [0.4, 0.5) is 5.69 Å². The van der Waals surface area contributed by atoms with E-state index in [0.717, 1.165) is 42.6 Å². The van der Waals surface area contributed by atoms with Gasteiger partial charge in [-0.15, -0.1) is 0 Å². The van der Waals surface area contributed by atoms with Crippen LogP contribution in [-0.4, -0.2) is 54.6 Å². The molecular formula is C20H27N3O3S. The lowest BCUT2D eigenvalue weighted by molar-refractivity contribution is -0.124. The zero-order chi connectivity index (χ0) is 20.0. The number of nitrogens with one attached hydrogen (secondary N) is 2. The topological polar surface area (TPSA) is 81.7 Å². The van der Waals surface area contributed by atoms with Crippen molar-refractivity contribution >= 4 is 29.3 Å². The molecule has 0 aromatic heterocycles. The standard InChI is InChI=1S/C20H27N3O3S/c1-13(2)27-14(3)19(25)22-18(12-24)20(26)21-17-6-5-15-7-9-23(4)10-8-16(15)11-17/h5-6,11,18,24H,1,3,7-10,12H2,2,4H3,(H,21,26)(H,22,25). The summed E-state index contributed by atoms with van der Waals surface area (Å²) >= 11 is 1.13. The molecule has 1 aromatic carbocycles. The molecule has 0 spiro atoms. The normalized spacial score (nSPS) is 15.2. The summed E-state index contributed by atoms with van der Waals surface area (Å²) in [4.78, 5) is 27.8. The zero-order valence-electron chi connectivity index (χ0n) is 15.9. The Morgan fingerprint density at radius 1 is 1.26 bits per heavy atom. The molecule has 0 aliphatic carbocycles. The summed E-state index contributed by atoms with van der Waals surface area (Å²) in [6.07, 6.45) is 1.91. The number of rotatable bonds is 7. The van der Waals surface area contributed by atoms with Gasteiger partial charge in [-0.2, -0.15) is 0 Å². The SMILES string of the molecule is C=C(C)SC(=C)C(=O)NC(CO)C(=O)Nc1ccc2c(c1)CCN(C)CC2. The summed E-state index contributed by atoms with van der Waals surface area (Å²) in [6.45, 7) is 10.6. The number of carbonyl (C=O) groups excluding carboxylic acids is 2. The fraction of sp³-hybridized carbons (Fsp3) is 0.400. The van der Waals surface area contributed by atoms with Crippen molar-refractivity contribution in [3.8, 4) is 0 Å². The number of thioether (sulfide) groups is 1. The Hall–Kier alpha value is -2.09. The Morgan fingerprint density at radius 2 is 1.93 bits per heavy atom. The van der Waals surface area contributed by atoms with Gasteiger partial charge in [0.1, 0.15) is 6.04 Å². The zero-order valence-corrected chi connectivity index (χ0v) is 16.7. The Morgan fingerprint density at radius 3 is 2.56 bits per heavy atom. The fourth-order valence-corrected chi connectivity index (χ4v) is 3.41. The van der Waals surface area contributed by atoms with Crippen LogP contribution in [0.2, 0.25) is 0 Å². The molecule has 3 N–H and O–H groups in total. The van der Waals surface area contributed by atoms with Crippen LogP contribution in [0, 0.1) is 0 Å². The highest BCUT2D eigenvalue weighted by Crippen LogP contribution is 2.22. The molecule has 7 heteroatoms. The van der Waals surface area contributed by atoms with Crippen LogP contribution in [-0.2, 0) is 22.4 Å². The predicted molar refractivity (Wildman–Crippen MR) is 111 cm³/mol. The Labute approximate surface area is 164 Å². The molecule has 1 aromatic rings. The highest BCUT2D eigenvalue weighted by atomic mass is 32.2.